The van der Waals surface area contributed by atoms with Gasteiger partial charge in [0.05, 0.1) is 13.2 Å². The number of piperidine rings is 1. The molecule has 0 aliphatic carbocycles. The van der Waals surface area contributed by atoms with Crippen LogP contribution >= 0.6 is 0 Å². The molecule has 28 heavy (non-hydrogen) atoms. The van der Waals surface area contributed by atoms with E-state index in [0.29, 0.717) is 11.4 Å². The zero-order valence-electron chi connectivity index (χ0n) is 16.1. The van der Waals surface area contributed by atoms with Crippen LogP contribution in [0.3, 0.4) is 0 Å². The van der Waals surface area contributed by atoms with Gasteiger partial charge in [0, 0.05) is 35.4 Å². The first kappa shape index (κ1) is 17.3. The lowest BCUT2D eigenvalue weighted by atomic mass is 9.77. The SMILES string of the molecule is Cc1cc(Nc2n[nH]c(-c3ccccc3)n2)cc(N2CCC3(CC2)COC3)c1. The van der Waals surface area contributed by atoms with E-state index >= 15 is 0 Å². The van der Waals surface area contributed by atoms with Gasteiger partial charge in [-0.05, 0) is 43.5 Å². The third kappa shape index (κ3) is 3.36. The molecule has 0 amide bonds. The summed E-state index contributed by atoms with van der Waals surface area (Å²) in [6.07, 6.45) is 2.43. The van der Waals surface area contributed by atoms with Gasteiger partial charge in [-0.1, -0.05) is 30.3 Å². The summed E-state index contributed by atoms with van der Waals surface area (Å²) in [5.41, 5.74) is 4.98. The molecule has 0 bridgehead atoms. The second-order valence-corrected chi connectivity index (χ2v) is 8.04. The van der Waals surface area contributed by atoms with Crippen molar-refractivity contribution >= 4 is 17.3 Å². The van der Waals surface area contributed by atoms with E-state index in [1.165, 1.54) is 24.1 Å². The van der Waals surface area contributed by atoms with Gasteiger partial charge >= 0.3 is 0 Å². The van der Waals surface area contributed by atoms with E-state index in [9.17, 15) is 0 Å². The minimum absolute atomic E-state index is 0.453. The Morgan fingerprint density at radius 2 is 1.86 bits per heavy atom. The molecule has 2 aliphatic rings. The standard InChI is InChI=1S/C22H25N5O/c1-16-11-18(23-21-24-20(25-26-21)17-5-3-2-4-6-17)13-19(12-16)27-9-7-22(8-10-27)14-28-15-22/h2-6,11-13H,7-10,14-15H2,1H3,(H2,23,24,25,26). The Balaban J connectivity index is 1.32. The van der Waals surface area contributed by atoms with Crippen LogP contribution in [0.4, 0.5) is 17.3 Å². The molecule has 2 aromatic carbocycles. The number of nitrogens with one attached hydrogen (secondary N) is 2. The number of rotatable bonds is 4. The zero-order chi connectivity index (χ0) is 19.0. The zero-order valence-corrected chi connectivity index (χ0v) is 16.1. The summed E-state index contributed by atoms with van der Waals surface area (Å²) in [4.78, 5) is 7.06. The number of aromatic nitrogens is 3. The van der Waals surface area contributed by atoms with Gasteiger partial charge in [0.1, 0.15) is 0 Å². The Labute approximate surface area is 164 Å². The molecule has 2 aliphatic heterocycles. The van der Waals surface area contributed by atoms with Crippen molar-refractivity contribution in [3.63, 3.8) is 0 Å². The average molecular weight is 375 g/mol. The van der Waals surface area contributed by atoms with Crippen molar-refractivity contribution in [3.05, 3.63) is 54.1 Å². The van der Waals surface area contributed by atoms with E-state index in [-0.39, 0.29) is 0 Å². The fraction of sp³-hybridized carbons (Fsp3) is 0.364. The van der Waals surface area contributed by atoms with Gasteiger partial charge in [-0.3, -0.25) is 5.10 Å². The van der Waals surface area contributed by atoms with Gasteiger partial charge in [-0.15, -0.1) is 5.10 Å². The van der Waals surface area contributed by atoms with Crippen LogP contribution in [-0.2, 0) is 4.74 Å². The summed E-state index contributed by atoms with van der Waals surface area (Å²) in [5, 5.41) is 10.7. The molecule has 3 aromatic rings. The second kappa shape index (κ2) is 6.95. The molecule has 144 valence electrons. The molecule has 2 saturated heterocycles. The van der Waals surface area contributed by atoms with Crippen LogP contribution in [0.25, 0.3) is 11.4 Å². The molecule has 2 fully saturated rings. The normalized spacial score (nSPS) is 18.1. The van der Waals surface area contributed by atoms with Gasteiger partial charge in [-0.25, -0.2) is 0 Å². The van der Waals surface area contributed by atoms with Gasteiger partial charge < -0.3 is 15.0 Å². The van der Waals surface area contributed by atoms with Gasteiger partial charge in [-0.2, -0.15) is 4.98 Å². The van der Waals surface area contributed by atoms with Gasteiger partial charge in [0.2, 0.25) is 5.95 Å². The summed E-state index contributed by atoms with van der Waals surface area (Å²) in [6, 6.07) is 16.6. The van der Waals surface area contributed by atoms with Crippen molar-refractivity contribution in [3.8, 4) is 11.4 Å². The predicted octanol–water partition coefficient (Wildman–Crippen LogP) is 4.14. The van der Waals surface area contributed by atoms with Crippen LogP contribution < -0.4 is 10.2 Å². The highest BCUT2D eigenvalue weighted by atomic mass is 16.5. The third-order valence-electron chi connectivity index (χ3n) is 5.86. The Morgan fingerprint density at radius 3 is 2.57 bits per heavy atom. The van der Waals surface area contributed by atoms with Crippen LogP contribution in [0.2, 0.25) is 0 Å². The van der Waals surface area contributed by atoms with E-state index in [2.05, 4.69) is 50.5 Å². The van der Waals surface area contributed by atoms with Crippen molar-refractivity contribution in [1.29, 1.82) is 0 Å². The predicted molar refractivity (Wildman–Crippen MR) is 111 cm³/mol. The van der Waals surface area contributed by atoms with E-state index in [1.54, 1.807) is 0 Å². The van der Waals surface area contributed by atoms with Crippen molar-refractivity contribution in [2.24, 2.45) is 5.41 Å². The van der Waals surface area contributed by atoms with E-state index < -0.39 is 0 Å². The number of hydrogen-bond acceptors (Lipinski definition) is 5. The molecule has 1 spiro atoms. The molecular formula is C22H25N5O. The minimum atomic E-state index is 0.453. The van der Waals surface area contributed by atoms with Crippen molar-refractivity contribution in [1.82, 2.24) is 15.2 Å². The highest BCUT2D eigenvalue weighted by molar-refractivity contribution is 5.65. The molecule has 2 N–H and O–H groups in total. The van der Waals surface area contributed by atoms with Crippen LogP contribution in [0.5, 0.6) is 0 Å². The fourth-order valence-corrected chi connectivity index (χ4v) is 4.11. The topological polar surface area (TPSA) is 66.1 Å². The minimum Gasteiger partial charge on any atom is -0.380 e. The molecule has 0 saturated carbocycles. The number of aromatic amines is 1. The first-order chi connectivity index (χ1) is 13.7. The summed E-state index contributed by atoms with van der Waals surface area (Å²) in [5.74, 6) is 1.35. The number of benzene rings is 2. The molecule has 0 radical (unpaired) electrons. The maximum Gasteiger partial charge on any atom is 0.246 e. The molecule has 6 nitrogen and oxygen atoms in total. The van der Waals surface area contributed by atoms with Crippen molar-refractivity contribution < 1.29 is 4.74 Å². The summed E-state index contributed by atoms with van der Waals surface area (Å²) < 4.78 is 5.45. The summed E-state index contributed by atoms with van der Waals surface area (Å²) in [7, 11) is 0. The average Bonchev–Trinajstić information content (AvgIpc) is 3.15. The monoisotopic (exact) mass is 375 g/mol. The van der Waals surface area contributed by atoms with Gasteiger partial charge in [0.15, 0.2) is 5.82 Å². The number of ether oxygens (including phenoxy) is 1. The third-order valence-corrected chi connectivity index (χ3v) is 5.86. The van der Waals surface area contributed by atoms with Crippen molar-refractivity contribution in [2.45, 2.75) is 19.8 Å². The van der Waals surface area contributed by atoms with E-state index in [4.69, 9.17) is 4.74 Å². The number of aryl methyl sites for hydroxylation is 1. The Bertz CT molecular complexity index is 954. The smallest absolute Gasteiger partial charge is 0.246 e. The molecule has 6 heteroatoms. The van der Waals surface area contributed by atoms with Crippen molar-refractivity contribution in [2.75, 3.05) is 36.5 Å². The lowest BCUT2D eigenvalue weighted by molar-refractivity contribution is -0.124. The highest BCUT2D eigenvalue weighted by Crippen LogP contribution is 2.40. The lowest BCUT2D eigenvalue weighted by Gasteiger charge is -2.47. The summed E-state index contributed by atoms with van der Waals surface area (Å²) in [6.45, 7) is 6.19. The van der Waals surface area contributed by atoms with E-state index in [1.807, 2.05) is 30.3 Å². The fourth-order valence-electron chi connectivity index (χ4n) is 4.11. The molecule has 3 heterocycles. The number of nitrogens with zero attached hydrogens (tertiary/aromatic N) is 3. The van der Waals surface area contributed by atoms with E-state index in [0.717, 1.165) is 43.4 Å². The first-order valence-corrected chi connectivity index (χ1v) is 9.88. The maximum absolute atomic E-state index is 5.45. The largest absolute Gasteiger partial charge is 0.380 e. The number of anilines is 3. The lowest BCUT2D eigenvalue weighted by Crippen LogP contribution is -2.50. The van der Waals surface area contributed by atoms with Crippen LogP contribution in [0.1, 0.15) is 18.4 Å². The first-order valence-electron chi connectivity index (χ1n) is 9.88. The quantitative estimate of drug-likeness (QED) is 0.717. The van der Waals surface area contributed by atoms with Crippen LogP contribution in [0, 0.1) is 12.3 Å². The Morgan fingerprint density at radius 1 is 1.07 bits per heavy atom. The Hall–Kier alpha value is -2.86. The molecule has 0 unspecified atom stereocenters. The molecule has 1 aromatic heterocycles. The highest BCUT2D eigenvalue weighted by Gasteiger charge is 2.41. The second-order valence-electron chi connectivity index (χ2n) is 8.04. The molecule has 0 atom stereocenters. The van der Waals surface area contributed by atoms with Crippen LogP contribution in [0.15, 0.2) is 48.5 Å². The maximum atomic E-state index is 5.45. The number of H-pyrrole nitrogens is 1. The molecular weight excluding hydrogens is 350 g/mol. The summed E-state index contributed by atoms with van der Waals surface area (Å²) >= 11 is 0. The molecule has 5 rings (SSSR count). The Kier molecular flexibility index (Phi) is 4.28. The number of hydrogen-bond donors (Lipinski definition) is 2. The van der Waals surface area contributed by atoms with Gasteiger partial charge in [0.25, 0.3) is 0 Å². The van der Waals surface area contributed by atoms with Crippen LogP contribution in [-0.4, -0.2) is 41.5 Å².